The van der Waals surface area contributed by atoms with E-state index in [1.807, 2.05) is 11.8 Å². The molecule has 0 saturated heterocycles. The number of Topliss-reactive ketones (excluding diaryl/α,β-unsaturated/α-hetero) is 1. The molecule has 2 unspecified atom stereocenters. The zero-order valence-corrected chi connectivity index (χ0v) is 53.6. The molecule has 2 amide bonds. The molecule has 0 aromatic carbocycles. The number of aliphatic hydroxyl groups is 1. The van der Waals surface area contributed by atoms with E-state index in [0.29, 0.717) is 110 Å². The van der Waals surface area contributed by atoms with Crippen LogP contribution >= 0.6 is 47.0 Å². The smallest absolute Gasteiger partial charge is 0.305 e. The van der Waals surface area contributed by atoms with Crippen molar-refractivity contribution >= 4 is 70.6 Å². The van der Waals surface area contributed by atoms with Gasteiger partial charge in [-0.1, -0.05) is 97.4 Å². The Morgan fingerprint density at radius 2 is 0.922 bits per heavy atom. The summed E-state index contributed by atoms with van der Waals surface area (Å²) < 4.78 is 33.2. The molecule has 5 N–H and O–H groups in total. The first-order valence-corrected chi connectivity index (χ1v) is 32.9. The van der Waals surface area contributed by atoms with E-state index in [9.17, 15) is 24.3 Å². The summed E-state index contributed by atoms with van der Waals surface area (Å²) >= 11 is 7.12. The highest BCUT2D eigenvalue weighted by Crippen LogP contribution is 2.19. The Kier molecular flexibility index (Phi) is 54.3. The molecular weight excluding hydrogens is 1060 g/mol. The fourth-order valence-electron chi connectivity index (χ4n) is 6.03. The quantitative estimate of drug-likeness (QED) is 0.0285. The van der Waals surface area contributed by atoms with Crippen molar-refractivity contribution in [3.8, 4) is 0 Å². The first kappa shape index (κ1) is 80.4. The topological polar surface area (TPSA) is 192 Å². The van der Waals surface area contributed by atoms with Gasteiger partial charge in [0.05, 0.1) is 65.6 Å². The maximum absolute atomic E-state index is 12.0. The number of aliphatic hydroxyl groups excluding tert-OH is 1. The van der Waals surface area contributed by atoms with Crippen molar-refractivity contribution in [1.29, 1.82) is 0 Å². The first-order valence-electron chi connectivity index (χ1n) is 28.3. The Morgan fingerprint density at radius 3 is 1.42 bits per heavy atom. The second kappa shape index (κ2) is 52.0. The Bertz CT molecular complexity index is 1290. The number of carbonyl (C=O) groups excluding carboxylic acids is 4. The predicted molar refractivity (Wildman–Crippen MR) is 332 cm³/mol. The second-order valence-corrected chi connectivity index (χ2v) is 29.0. The number of ketones is 1. The van der Waals surface area contributed by atoms with Gasteiger partial charge in [-0.3, -0.25) is 19.2 Å². The molecule has 77 heavy (non-hydrogen) atoms. The SMILES string of the molecule is C.CC(C)(C)CCOC(=O)CCCCSCCC(=O)NCCNCCNCCNC(=O)CCSCCCCC(=O)COCC(C)(C)C.CC(COCC(C)(C)C)CSCCOCCOCCSCC(O)COCC(C)(C)C. The van der Waals surface area contributed by atoms with Crippen LogP contribution in [0.4, 0.5) is 0 Å². The number of nitrogens with one attached hydrogen (secondary N) is 4. The van der Waals surface area contributed by atoms with Crippen molar-refractivity contribution in [3.05, 3.63) is 0 Å². The molecule has 19 heteroatoms. The number of rotatable bonds is 49. The predicted octanol–water partition coefficient (Wildman–Crippen LogP) is 9.84. The van der Waals surface area contributed by atoms with Gasteiger partial charge < -0.3 is 54.8 Å². The summed E-state index contributed by atoms with van der Waals surface area (Å²) in [6.07, 6.45) is 6.11. The lowest BCUT2D eigenvalue weighted by Gasteiger charge is -2.20. The van der Waals surface area contributed by atoms with Crippen LogP contribution in [-0.2, 0) is 47.6 Å². The van der Waals surface area contributed by atoms with E-state index < -0.39 is 6.10 Å². The maximum atomic E-state index is 12.0. The minimum Gasteiger partial charge on any atom is -0.466 e. The van der Waals surface area contributed by atoms with Crippen LogP contribution in [0.3, 0.4) is 0 Å². The van der Waals surface area contributed by atoms with Crippen molar-refractivity contribution in [2.75, 3.05) is 158 Å². The fourth-order valence-corrected chi connectivity index (χ4v) is 9.59. The van der Waals surface area contributed by atoms with Gasteiger partial charge in [0.1, 0.15) is 6.61 Å². The molecule has 0 aliphatic carbocycles. The van der Waals surface area contributed by atoms with E-state index in [1.165, 1.54) is 0 Å². The van der Waals surface area contributed by atoms with E-state index >= 15 is 0 Å². The van der Waals surface area contributed by atoms with Crippen LogP contribution in [0.25, 0.3) is 0 Å². The number of hydrogen-bond donors (Lipinski definition) is 5. The molecule has 0 saturated carbocycles. The molecule has 0 heterocycles. The molecule has 0 aromatic rings. The maximum Gasteiger partial charge on any atom is 0.305 e. The third kappa shape index (κ3) is 71.2. The number of carbonyl (C=O) groups is 4. The molecule has 0 bridgehead atoms. The molecule has 460 valence electrons. The summed E-state index contributed by atoms with van der Waals surface area (Å²) in [4.78, 5) is 47.5. The number of hydrogen-bond acceptors (Lipinski definition) is 17. The summed E-state index contributed by atoms with van der Waals surface area (Å²) in [7, 11) is 0. The lowest BCUT2D eigenvalue weighted by molar-refractivity contribution is -0.144. The van der Waals surface area contributed by atoms with Gasteiger partial charge in [-0.2, -0.15) is 47.0 Å². The third-order valence-corrected chi connectivity index (χ3v) is 14.6. The molecule has 0 aliphatic rings. The number of amides is 2. The first-order chi connectivity index (χ1) is 35.8. The van der Waals surface area contributed by atoms with E-state index in [2.05, 4.69) is 111 Å². The lowest BCUT2D eigenvalue weighted by atomic mass is 9.93. The Balaban J connectivity index is -0.00000153. The molecule has 2 atom stereocenters. The van der Waals surface area contributed by atoms with Crippen molar-refractivity contribution in [3.63, 3.8) is 0 Å². The lowest BCUT2D eigenvalue weighted by Crippen LogP contribution is -2.37. The molecule has 0 spiro atoms. The van der Waals surface area contributed by atoms with Crippen LogP contribution in [0.1, 0.15) is 155 Å². The minimum atomic E-state index is -0.411. The van der Waals surface area contributed by atoms with Gasteiger partial charge in [-0.25, -0.2) is 0 Å². The van der Waals surface area contributed by atoms with Gasteiger partial charge in [-0.05, 0) is 76.9 Å². The summed E-state index contributed by atoms with van der Waals surface area (Å²) in [6.45, 7) is 38.8. The van der Waals surface area contributed by atoms with E-state index in [1.54, 1.807) is 35.3 Å². The minimum absolute atomic E-state index is 0. The average Bonchev–Trinajstić information content (AvgIpc) is 3.30. The van der Waals surface area contributed by atoms with Gasteiger partial charge >= 0.3 is 5.97 Å². The molecule has 0 aliphatic heterocycles. The number of unbranched alkanes of at least 4 members (excludes halogenated alkanes) is 2. The van der Waals surface area contributed by atoms with Crippen LogP contribution in [0.15, 0.2) is 0 Å². The largest absolute Gasteiger partial charge is 0.466 e. The number of thioether (sulfide) groups is 4. The summed E-state index contributed by atoms with van der Waals surface area (Å²) in [5.74, 6) is 7.90. The zero-order chi connectivity index (χ0) is 57.4. The summed E-state index contributed by atoms with van der Waals surface area (Å²) in [6, 6.07) is 0. The average molecular weight is 1180 g/mol. The zero-order valence-electron chi connectivity index (χ0n) is 50.4. The van der Waals surface area contributed by atoms with Crippen molar-refractivity contribution < 1.29 is 52.7 Å². The molecule has 0 rings (SSSR count). The third-order valence-electron chi connectivity index (χ3n) is 10.1. The van der Waals surface area contributed by atoms with Crippen molar-refractivity contribution in [2.24, 2.45) is 27.6 Å². The van der Waals surface area contributed by atoms with Gasteiger partial charge in [-0.15, -0.1) is 0 Å². The fraction of sp³-hybridized carbons (Fsp3) is 0.931. The highest BCUT2D eigenvalue weighted by atomic mass is 32.2. The van der Waals surface area contributed by atoms with Crippen LogP contribution in [0.2, 0.25) is 0 Å². The number of ether oxygens (including phenoxy) is 6. The normalized spacial score (nSPS) is 12.8. The van der Waals surface area contributed by atoms with Gasteiger partial charge in [0, 0.05) is 100 Å². The Morgan fingerprint density at radius 1 is 0.468 bits per heavy atom. The van der Waals surface area contributed by atoms with E-state index in [0.717, 1.165) is 105 Å². The van der Waals surface area contributed by atoms with Crippen LogP contribution < -0.4 is 21.3 Å². The van der Waals surface area contributed by atoms with Crippen LogP contribution in [-0.4, -0.2) is 193 Å². The van der Waals surface area contributed by atoms with Gasteiger partial charge in [0.15, 0.2) is 5.78 Å². The van der Waals surface area contributed by atoms with Crippen LogP contribution in [0, 0.1) is 27.6 Å². The van der Waals surface area contributed by atoms with E-state index in [-0.39, 0.29) is 59.3 Å². The van der Waals surface area contributed by atoms with Crippen molar-refractivity contribution in [2.45, 2.75) is 161 Å². The number of esters is 1. The Hall–Kier alpha value is -0.840. The molecule has 0 radical (unpaired) electrons. The summed E-state index contributed by atoms with van der Waals surface area (Å²) in [5.41, 5.74) is 0.635. The highest BCUT2D eigenvalue weighted by molar-refractivity contribution is 7.99. The summed E-state index contributed by atoms with van der Waals surface area (Å²) in [5, 5.41) is 22.3. The van der Waals surface area contributed by atoms with Crippen molar-refractivity contribution in [1.82, 2.24) is 21.3 Å². The van der Waals surface area contributed by atoms with Gasteiger partial charge in [0.2, 0.25) is 11.8 Å². The second-order valence-electron chi connectivity index (χ2n) is 24.2. The van der Waals surface area contributed by atoms with E-state index in [4.69, 9.17) is 28.4 Å². The molecule has 0 fully saturated rings. The molecule has 15 nitrogen and oxygen atoms in total. The molecular formula is C58H118N4O11S4. The molecule has 0 aromatic heterocycles. The van der Waals surface area contributed by atoms with Crippen LogP contribution in [0.5, 0.6) is 0 Å². The Labute approximate surface area is 488 Å². The highest BCUT2D eigenvalue weighted by Gasteiger charge is 2.15. The monoisotopic (exact) mass is 1170 g/mol. The standard InChI is InChI=1S/C34H66N4O6S2.C23H48O5S2.CH4/c1-33(2,3)15-22-44-32(42)12-8-10-24-46-26-14-31(41)38-21-19-36-17-16-35-18-20-37-30(40)13-25-45-23-9-7-11-29(39)27-43-28-34(4,5)6;1-20(14-27-18-22(2,3)4)16-29-12-10-25-8-9-26-11-13-30-17-21(24)15-28-19-23(5,6)7;/h35-36H,7-28H2,1-6H3,(H,37,40)(H,38,41);20-21,24H,8-19H2,1-7H3;1H4. The van der Waals surface area contributed by atoms with Gasteiger partial charge in [0.25, 0.3) is 0 Å².